The summed E-state index contributed by atoms with van der Waals surface area (Å²) in [5.41, 5.74) is 3.46. The van der Waals surface area contributed by atoms with E-state index in [9.17, 15) is 4.79 Å². The molecule has 1 heterocycles. The number of rotatable bonds is 3. The number of nitrogens with one attached hydrogen (secondary N) is 2. The summed E-state index contributed by atoms with van der Waals surface area (Å²) >= 11 is 0. The molecule has 104 valence electrons. The predicted octanol–water partition coefficient (Wildman–Crippen LogP) is 3.64. The maximum absolute atomic E-state index is 12.2. The Bertz CT molecular complexity index is 746. The molecule has 0 aliphatic rings. The van der Waals surface area contributed by atoms with Gasteiger partial charge < -0.3 is 10.3 Å². The van der Waals surface area contributed by atoms with Crippen molar-refractivity contribution in [2.45, 2.75) is 6.92 Å². The third-order valence-electron chi connectivity index (χ3n) is 3.19. The van der Waals surface area contributed by atoms with Crippen LogP contribution in [0.25, 0.3) is 11.4 Å². The lowest BCUT2D eigenvalue weighted by Gasteiger charge is -2.06. The summed E-state index contributed by atoms with van der Waals surface area (Å²) in [6, 6.07) is 15.1. The largest absolute Gasteiger partial charge is 0.345 e. The smallest absolute Gasteiger partial charge is 0.255 e. The minimum absolute atomic E-state index is 0.107. The number of hydrogen-bond donors (Lipinski definition) is 2. The van der Waals surface area contributed by atoms with Crippen molar-refractivity contribution in [2.75, 3.05) is 5.32 Å². The number of aromatic nitrogens is 2. The third-order valence-corrected chi connectivity index (χ3v) is 3.19. The third kappa shape index (κ3) is 3.00. The lowest BCUT2D eigenvalue weighted by atomic mass is 10.1. The Hall–Kier alpha value is -2.88. The van der Waals surface area contributed by atoms with E-state index in [2.05, 4.69) is 15.3 Å². The summed E-state index contributed by atoms with van der Waals surface area (Å²) in [7, 11) is 0. The molecule has 0 radical (unpaired) electrons. The number of carbonyl (C=O) groups is 1. The highest BCUT2D eigenvalue weighted by Gasteiger charge is 2.06. The van der Waals surface area contributed by atoms with E-state index in [0.29, 0.717) is 5.56 Å². The van der Waals surface area contributed by atoms with Gasteiger partial charge in [0.1, 0.15) is 5.82 Å². The molecule has 0 bridgehead atoms. The maximum Gasteiger partial charge on any atom is 0.255 e. The Morgan fingerprint density at radius 3 is 2.62 bits per heavy atom. The Balaban J connectivity index is 1.75. The maximum atomic E-state index is 12.2. The van der Waals surface area contributed by atoms with Crippen molar-refractivity contribution < 1.29 is 4.79 Å². The first kappa shape index (κ1) is 13.1. The van der Waals surface area contributed by atoms with Crippen LogP contribution in [0.1, 0.15) is 15.9 Å². The molecule has 21 heavy (non-hydrogen) atoms. The highest BCUT2D eigenvalue weighted by atomic mass is 16.1. The molecule has 4 nitrogen and oxygen atoms in total. The van der Waals surface area contributed by atoms with E-state index in [-0.39, 0.29) is 5.91 Å². The van der Waals surface area contributed by atoms with Crippen LogP contribution in [0.5, 0.6) is 0 Å². The molecule has 3 aromatic rings. The molecule has 2 aromatic carbocycles. The fourth-order valence-corrected chi connectivity index (χ4v) is 2.12. The molecule has 0 fully saturated rings. The van der Waals surface area contributed by atoms with Gasteiger partial charge in [0.2, 0.25) is 0 Å². The van der Waals surface area contributed by atoms with Crippen molar-refractivity contribution in [3.63, 3.8) is 0 Å². The summed E-state index contributed by atoms with van der Waals surface area (Å²) < 4.78 is 0. The van der Waals surface area contributed by atoms with Crippen LogP contribution >= 0.6 is 0 Å². The van der Waals surface area contributed by atoms with Gasteiger partial charge in [-0.15, -0.1) is 0 Å². The summed E-state index contributed by atoms with van der Waals surface area (Å²) in [5, 5.41) is 2.89. The summed E-state index contributed by atoms with van der Waals surface area (Å²) in [5.74, 6) is 0.705. The van der Waals surface area contributed by atoms with Gasteiger partial charge in [-0.1, -0.05) is 17.7 Å². The zero-order valence-electron chi connectivity index (χ0n) is 11.6. The normalized spacial score (nSPS) is 10.3. The molecule has 0 saturated carbocycles. The number of benzene rings is 2. The topological polar surface area (TPSA) is 57.8 Å². The number of anilines is 1. The fourth-order valence-electron chi connectivity index (χ4n) is 2.12. The van der Waals surface area contributed by atoms with Crippen LogP contribution in [0, 0.1) is 6.92 Å². The SMILES string of the molecule is Cc1cccc(C(=O)Nc2ccc(-c3ncc[nH]3)cc2)c1. The van der Waals surface area contributed by atoms with E-state index in [1.807, 2.05) is 49.4 Å². The van der Waals surface area contributed by atoms with Gasteiger partial charge in [0, 0.05) is 29.2 Å². The second-order valence-corrected chi connectivity index (χ2v) is 4.84. The molecular weight excluding hydrogens is 262 g/mol. The van der Waals surface area contributed by atoms with E-state index in [0.717, 1.165) is 22.6 Å². The van der Waals surface area contributed by atoms with Crippen molar-refractivity contribution in [3.05, 3.63) is 72.1 Å². The molecule has 3 rings (SSSR count). The molecule has 0 spiro atoms. The number of imidazole rings is 1. The highest BCUT2D eigenvalue weighted by Crippen LogP contribution is 2.18. The molecule has 0 atom stereocenters. The minimum atomic E-state index is -0.107. The van der Waals surface area contributed by atoms with Gasteiger partial charge in [-0.25, -0.2) is 4.98 Å². The van der Waals surface area contributed by atoms with E-state index >= 15 is 0 Å². The standard InChI is InChI=1S/C17H15N3O/c1-12-3-2-4-14(11-12)17(21)20-15-7-5-13(6-8-15)16-18-9-10-19-16/h2-11H,1H3,(H,18,19)(H,20,21). The van der Waals surface area contributed by atoms with Gasteiger partial charge in [-0.05, 0) is 43.3 Å². The molecule has 0 aliphatic heterocycles. The van der Waals surface area contributed by atoms with Crippen molar-refractivity contribution in [1.29, 1.82) is 0 Å². The number of amides is 1. The molecule has 0 saturated heterocycles. The minimum Gasteiger partial charge on any atom is -0.345 e. The average Bonchev–Trinajstić information content (AvgIpc) is 3.02. The Kier molecular flexibility index (Phi) is 3.51. The molecule has 2 N–H and O–H groups in total. The zero-order chi connectivity index (χ0) is 14.7. The van der Waals surface area contributed by atoms with Crippen molar-refractivity contribution in [1.82, 2.24) is 9.97 Å². The molecule has 1 amide bonds. The Morgan fingerprint density at radius 1 is 1.14 bits per heavy atom. The second kappa shape index (κ2) is 5.63. The van der Waals surface area contributed by atoms with Crippen molar-refractivity contribution >= 4 is 11.6 Å². The lowest BCUT2D eigenvalue weighted by Crippen LogP contribution is -2.11. The molecular formula is C17H15N3O. The molecule has 0 unspecified atom stereocenters. The number of hydrogen-bond acceptors (Lipinski definition) is 2. The summed E-state index contributed by atoms with van der Waals surface area (Å²) in [6.07, 6.45) is 3.49. The van der Waals surface area contributed by atoms with Gasteiger partial charge >= 0.3 is 0 Å². The summed E-state index contributed by atoms with van der Waals surface area (Å²) in [4.78, 5) is 19.4. The average molecular weight is 277 g/mol. The van der Waals surface area contributed by atoms with E-state index in [1.165, 1.54) is 0 Å². The molecule has 4 heteroatoms. The molecule has 0 aliphatic carbocycles. The van der Waals surface area contributed by atoms with E-state index < -0.39 is 0 Å². The summed E-state index contributed by atoms with van der Waals surface area (Å²) in [6.45, 7) is 1.97. The van der Waals surface area contributed by atoms with Gasteiger partial charge in [0.15, 0.2) is 0 Å². The van der Waals surface area contributed by atoms with Crippen LogP contribution in [0.15, 0.2) is 60.9 Å². The first-order valence-electron chi connectivity index (χ1n) is 6.70. The van der Waals surface area contributed by atoms with Crippen LogP contribution < -0.4 is 5.32 Å². The Labute approximate surface area is 122 Å². The van der Waals surface area contributed by atoms with E-state index in [4.69, 9.17) is 0 Å². The van der Waals surface area contributed by atoms with Crippen LogP contribution in [0.3, 0.4) is 0 Å². The van der Waals surface area contributed by atoms with Crippen molar-refractivity contribution in [2.24, 2.45) is 0 Å². The molecule has 1 aromatic heterocycles. The first-order valence-corrected chi connectivity index (χ1v) is 6.70. The van der Waals surface area contributed by atoms with Crippen LogP contribution in [-0.2, 0) is 0 Å². The number of aromatic amines is 1. The zero-order valence-corrected chi connectivity index (χ0v) is 11.6. The number of carbonyl (C=O) groups excluding carboxylic acids is 1. The van der Waals surface area contributed by atoms with Gasteiger partial charge in [-0.3, -0.25) is 4.79 Å². The fraction of sp³-hybridized carbons (Fsp3) is 0.0588. The second-order valence-electron chi connectivity index (χ2n) is 4.84. The Morgan fingerprint density at radius 2 is 1.95 bits per heavy atom. The number of H-pyrrole nitrogens is 1. The van der Waals surface area contributed by atoms with Crippen LogP contribution in [0.4, 0.5) is 5.69 Å². The van der Waals surface area contributed by atoms with E-state index in [1.54, 1.807) is 18.5 Å². The lowest BCUT2D eigenvalue weighted by molar-refractivity contribution is 0.102. The van der Waals surface area contributed by atoms with Crippen LogP contribution in [0.2, 0.25) is 0 Å². The quantitative estimate of drug-likeness (QED) is 0.768. The van der Waals surface area contributed by atoms with Crippen LogP contribution in [-0.4, -0.2) is 15.9 Å². The van der Waals surface area contributed by atoms with Gasteiger partial charge in [0.05, 0.1) is 0 Å². The first-order chi connectivity index (χ1) is 10.2. The van der Waals surface area contributed by atoms with Gasteiger partial charge in [0.25, 0.3) is 5.91 Å². The van der Waals surface area contributed by atoms with Crippen molar-refractivity contribution in [3.8, 4) is 11.4 Å². The highest BCUT2D eigenvalue weighted by molar-refractivity contribution is 6.04. The number of aryl methyl sites for hydroxylation is 1. The van der Waals surface area contributed by atoms with Gasteiger partial charge in [-0.2, -0.15) is 0 Å². The monoisotopic (exact) mass is 277 g/mol. The number of nitrogens with zero attached hydrogens (tertiary/aromatic N) is 1. The predicted molar refractivity (Wildman–Crippen MR) is 83.2 cm³/mol.